The topological polar surface area (TPSA) is 58.6 Å². The summed E-state index contributed by atoms with van der Waals surface area (Å²) in [5.41, 5.74) is 4.74. The van der Waals surface area contributed by atoms with Crippen LogP contribution in [0.1, 0.15) is 61.5 Å². The van der Waals surface area contributed by atoms with Gasteiger partial charge in [0, 0.05) is 23.9 Å². The van der Waals surface area contributed by atoms with Crippen molar-refractivity contribution in [2.24, 2.45) is 10.8 Å². The zero-order valence-corrected chi connectivity index (χ0v) is 22.5. The molecule has 0 spiro atoms. The number of methoxy groups -OCH3 is 1. The molecule has 2 aliphatic heterocycles. The molecule has 194 valence electrons. The van der Waals surface area contributed by atoms with Crippen molar-refractivity contribution < 1.29 is 14.3 Å². The smallest absolute Gasteiger partial charge is 0.337 e. The number of rotatable bonds is 4. The van der Waals surface area contributed by atoms with Crippen LogP contribution >= 0.6 is 0 Å². The molecule has 1 aliphatic carbocycles. The van der Waals surface area contributed by atoms with Crippen LogP contribution in [-0.2, 0) is 14.9 Å². The lowest BCUT2D eigenvalue weighted by Crippen LogP contribution is -2.56. The maximum Gasteiger partial charge on any atom is 0.337 e. The lowest BCUT2D eigenvalue weighted by atomic mass is 9.58. The number of carbonyl (C=O) groups is 2. The van der Waals surface area contributed by atoms with E-state index in [2.05, 4.69) is 67.4 Å². The van der Waals surface area contributed by atoms with Crippen LogP contribution in [0.15, 0.2) is 72.3 Å². The molecule has 2 heterocycles. The van der Waals surface area contributed by atoms with Gasteiger partial charge in [-0.1, -0.05) is 81.0 Å². The summed E-state index contributed by atoms with van der Waals surface area (Å²) in [6.45, 7) is 9.97. The SMILES string of the molecule is COC(=O)c1ccc(C2=CCC3(C)CN(C(=O)C4(c5ccccc5)CCNCC4)CC=C3C2(C)C)cc1. The minimum absolute atomic E-state index is 0.113. The fourth-order valence-electron chi connectivity index (χ4n) is 7.01. The van der Waals surface area contributed by atoms with Gasteiger partial charge in [-0.15, -0.1) is 0 Å². The Labute approximate surface area is 220 Å². The van der Waals surface area contributed by atoms with E-state index in [4.69, 9.17) is 4.74 Å². The molecule has 5 heteroatoms. The molecule has 0 radical (unpaired) electrons. The largest absolute Gasteiger partial charge is 0.465 e. The van der Waals surface area contributed by atoms with Crippen LogP contribution in [0.25, 0.3) is 5.57 Å². The molecule has 0 aromatic heterocycles. The Balaban J connectivity index is 1.43. The van der Waals surface area contributed by atoms with E-state index in [1.165, 1.54) is 18.3 Å². The second-order valence-corrected chi connectivity index (χ2v) is 11.6. The number of allylic oxidation sites excluding steroid dienone is 2. The van der Waals surface area contributed by atoms with Gasteiger partial charge in [0.25, 0.3) is 0 Å². The van der Waals surface area contributed by atoms with E-state index in [1.807, 2.05) is 30.3 Å². The van der Waals surface area contributed by atoms with E-state index < -0.39 is 5.41 Å². The Morgan fingerprint density at radius 2 is 1.59 bits per heavy atom. The number of benzene rings is 2. The van der Waals surface area contributed by atoms with Crippen molar-refractivity contribution in [1.29, 1.82) is 0 Å². The van der Waals surface area contributed by atoms with Crippen LogP contribution in [-0.4, -0.2) is 50.1 Å². The maximum atomic E-state index is 14.3. The zero-order chi connectivity index (χ0) is 26.3. The van der Waals surface area contributed by atoms with Crippen LogP contribution in [0.5, 0.6) is 0 Å². The van der Waals surface area contributed by atoms with Gasteiger partial charge in [0.2, 0.25) is 5.91 Å². The molecule has 1 atom stereocenters. The first kappa shape index (κ1) is 25.5. The molecule has 1 fully saturated rings. The van der Waals surface area contributed by atoms with Crippen molar-refractivity contribution in [2.45, 2.75) is 45.4 Å². The highest BCUT2D eigenvalue weighted by atomic mass is 16.5. The van der Waals surface area contributed by atoms with Crippen molar-refractivity contribution in [1.82, 2.24) is 10.2 Å². The highest BCUT2D eigenvalue weighted by molar-refractivity contribution is 5.90. The van der Waals surface area contributed by atoms with Gasteiger partial charge in [-0.2, -0.15) is 0 Å². The predicted molar refractivity (Wildman–Crippen MR) is 147 cm³/mol. The van der Waals surface area contributed by atoms with Crippen molar-refractivity contribution in [3.05, 3.63) is 89.0 Å². The standard InChI is InChI=1S/C32H38N2O3/c1-30(2)26(23-10-12-24(13-11-23)28(35)37-4)14-16-31(3)22-34(21-15-27(30)31)29(36)32(17-19-33-20-18-32)25-8-6-5-7-9-25/h5-15,33H,16-22H2,1-4H3. The van der Waals surface area contributed by atoms with E-state index in [-0.39, 0.29) is 22.7 Å². The highest BCUT2D eigenvalue weighted by Crippen LogP contribution is 2.55. The molecule has 5 nitrogen and oxygen atoms in total. The molecule has 0 bridgehead atoms. The van der Waals surface area contributed by atoms with Crippen molar-refractivity contribution >= 4 is 17.4 Å². The molecule has 0 saturated carbocycles. The Kier molecular flexibility index (Phi) is 6.61. The number of hydrogen-bond acceptors (Lipinski definition) is 4. The summed E-state index contributed by atoms with van der Waals surface area (Å²) < 4.78 is 4.86. The number of fused-ring (bicyclic) bond motifs is 1. The fourth-order valence-corrected chi connectivity index (χ4v) is 7.01. The van der Waals surface area contributed by atoms with Crippen LogP contribution in [0, 0.1) is 10.8 Å². The fraction of sp³-hybridized carbons (Fsp3) is 0.438. The Morgan fingerprint density at radius 3 is 2.24 bits per heavy atom. The monoisotopic (exact) mass is 498 g/mol. The van der Waals surface area contributed by atoms with Crippen LogP contribution in [0.4, 0.5) is 0 Å². The number of carbonyl (C=O) groups excluding carboxylic acids is 2. The second-order valence-electron chi connectivity index (χ2n) is 11.6. The molecule has 1 unspecified atom stereocenters. The summed E-state index contributed by atoms with van der Waals surface area (Å²) in [6.07, 6.45) is 7.19. The molecular weight excluding hydrogens is 460 g/mol. The van der Waals surface area contributed by atoms with E-state index in [0.29, 0.717) is 12.1 Å². The molecule has 1 N–H and O–H groups in total. The third kappa shape index (κ3) is 4.33. The summed E-state index contributed by atoms with van der Waals surface area (Å²) in [7, 11) is 1.40. The Morgan fingerprint density at radius 1 is 0.919 bits per heavy atom. The second kappa shape index (κ2) is 9.60. The van der Waals surface area contributed by atoms with Crippen molar-refractivity contribution in [2.75, 3.05) is 33.3 Å². The molecule has 37 heavy (non-hydrogen) atoms. The van der Waals surface area contributed by atoms with Gasteiger partial charge in [0.15, 0.2) is 0 Å². The van der Waals surface area contributed by atoms with Crippen LogP contribution in [0.3, 0.4) is 0 Å². The summed E-state index contributed by atoms with van der Waals surface area (Å²) >= 11 is 0. The molecular formula is C32H38N2O3. The number of nitrogens with zero attached hydrogens (tertiary/aromatic N) is 1. The van der Waals surface area contributed by atoms with Gasteiger partial charge in [0.1, 0.15) is 0 Å². The first-order valence-electron chi connectivity index (χ1n) is 13.4. The normalized spacial score (nSPS) is 24.4. The number of hydrogen-bond donors (Lipinski definition) is 1. The van der Waals surface area contributed by atoms with E-state index in [0.717, 1.165) is 50.0 Å². The van der Waals surface area contributed by atoms with Gasteiger partial charge >= 0.3 is 5.97 Å². The van der Waals surface area contributed by atoms with Gasteiger partial charge in [-0.3, -0.25) is 4.79 Å². The number of piperidine rings is 1. The van der Waals surface area contributed by atoms with E-state index in [9.17, 15) is 9.59 Å². The minimum Gasteiger partial charge on any atom is -0.465 e. The van der Waals surface area contributed by atoms with Gasteiger partial charge in [0.05, 0.1) is 18.1 Å². The van der Waals surface area contributed by atoms with Gasteiger partial charge < -0.3 is 15.0 Å². The number of nitrogens with one attached hydrogen (secondary N) is 1. The van der Waals surface area contributed by atoms with Gasteiger partial charge in [-0.25, -0.2) is 4.79 Å². The minimum atomic E-state index is -0.458. The highest BCUT2D eigenvalue weighted by Gasteiger charge is 2.50. The summed E-state index contributed by atoms with van der Waals surface area (Å²) in [5, 5.41) is 3.45. The molecule has 1 amide bonds. The van der Waals surface area contributed by atoms with E-state index >= 15 is 0 Å². The summed E-state index contributed by atoms with van der Waals surface area (Å²) in [4.78, 5) is 28.3. The molecule has 2 aromatic carbocycles. The Hall–Kier alpha value is -3.18. The van der Waals surface area contributed by atoms with Crippen molar-refractivity contribution in [3.8, 4) is 0 Å². The number of ether oxygens (including phenoxy) is 1. The zero-order valence-electron chi connectivity index (χ0n) is 22.5. The average Bonchev–Trinajstić information content (AvgIpc) is 2.92. The molecule has 2 aromatic rings. The summed E-state index contributed by atoms with van der Waals surface area (Å²) in [5.74, 6) is -0.0551. The third-order valence-electron chi connectivity index (χ3n) is 8.91. The Bertz CT molecular complexity index is 1240. The first-order valence-corrected chi connectivity index (χ1v) is 13.4. The number of esters is 1. The molecule has 1 saturated heterocycles. The summed E-state index contributed by atoms with van der Waals surface area (Å²) in [6, 6.07) is 18.1. The lowest BCUT2D eigenvalue weighted by molar-refractivity contribution is -0.140. The average molecular weight is 499 g/mol. The van der Waals surface area contributed by atoms with Gasteiger partial charge in [-0.05, 0) is 61.2 Å². The lowest BCUT2D eigenvalue weighted by Gasteiger charge is -2.52. The quantitative estimate of drug-likeness (QED) is 0.454. The predicted octanol–water partition coefficient (Wildman–Crippen LogP) is 5.38. The molecule has 5 rings (SSSR count). The maximum absolute atomic E-state index is 14.3. The number of amides is 1. The first-order chi connectivity index (χ1) is 17.7. The molecule has 3 aliphatic rings. The van der Waals surface area contributed by atoms with Crippen LogP contribution < -0.4 is 5.32 Å². The van der Waals surface area contributed by atoms with E-state index in [1.54, 1.807) is 0 Å². The van der Waals surface area contributed by atoms with Crippen molar-refractivity contribution in [3.63, 3.8) is 0 Å². The van der Waals surface area contributed by atoms with Crippen LogP contribution in [0.2, 0.25) is 0 Å². The third-order valence-corrected chi connectivity index (χ3v) is 8.91.